The first-order chi connectivity index (χ1) is 6.24. The topological polar surface area (TPSA) is 58.6 Å². The number of rotatable bonds is 7. The van der Waals surface area contributed by atoms with Crippen molar-refractivity contribution in [2.45, 2.75) is 32.7 Å². The Labute approximate surface area is 79.3 Å². The smallest absolute Gasteiger partial charge is 0.307 e. The molecule has 0 bridgehead atoms. The minimum atomic E-state index is -0.192. The van der Waals surface area contributed by atoms with Crippen LogP contribution in [0.5, 0.6) is 0 Å². The van der Waals surface area contributed by atoms with Crippen LogP contribution in [0.2, 0.25) is 0 Å². The summed E-state index contributed by atoms with van der Waals surface area (Å²) < 4.78 is 4.75. The lowest BCUT2D eigenvalue weighted by molar-refractivity contribution is -0.143. The molecule has 13 heavy (non-hydrogen) atoms. The highest BCUT2D eigenvalue weighted by atomic mass is 16.5. The van der Waals surface area contributed by atoms with Crippen LogP contribution < -0.4 is 5.32 Å². The summed E-state index contributed by atoms with van der Waals surface area (Å²) in [6, 6.07) is 0.0921. The maximum atomic E-state index is 10.9. The quantitative estimate of drug-likeness (QED) is 0.565. The average Bonchev–Trinajstić information content (AvgIpc) is 2.13. The van der Waals surface area contributed by atoms with Crippen LogP contribution in [0.25, 0.3) is 0 Å². The first kappa shape index (κ1) is 12.4. The van der Waals surface area contributed by atoms with Crippen LogP contribution in [0.3, 0.4) is 0 Å². The van der Waals surface area contributed by atoms with Gasteiger partial charge in [-0.25, -0.2) is 0 Å². The molecule has 0 amide bonds. The van der Waals surface area contributed by atoms with Crippen molar-refractivity contribution >= 4 is 5.97 Å². The van der Waals surface area contributed by atoms with Crippen LogP contribution >= 0.6 is 0 Å². The van der Waals surface area contributed by atoms with E-state index in [1.165, 1.54) is 0 Å². The van der Waals surface area contributed by atoms with E-state index in [-0.39, 0.29) is 18.6 Å². The van der Waals surface area contributed by atoms with Crippen LogP contribution in [0.15, 0.2) is 0 Å². The van der Waals surface area contributed by atoms with Gasteiger partial charge in [0.15, 0.2) is 0 Å². The van der Waals surface area contributed by atoms with Gasteiger partial charge in [-0.3, -0.25) is 4.79 Å². The molecule has 0 radical (unpaired) electrons. The molecule has 0 aromatic heterocycles. The van der Waals surface area contributed by atoms with Crippen molar-refractivity contribution in [2.24, 2.45) is 0 Å². The Balaban J connectivity index is 3.37. The normalized spacial score (nSPS) is 12.5. The summed E-state index contributed by atoms with van der Waals surface area (Å²) in [6.07, 6.45) is 1.23. The van der Waals surface area contributed by atoms with Crippen LogP contribution in [-0.2, 0) is 9.53 Å². The van der Waals surface area contributed by atoms with Gasteiger partial charge >= 0.3 is 5.97 Å². The molecule has 2 N–H and O–H groups in total. The van der Waals surface area contributed by atoms with E-state index in [0.29, 0.717) is 19.6 Å². The van der Waals surface area contributed by atoms with Gasteiger partial charge in [-0.05, 0) is 13.3 Å². The number of aliphatic hydroxyl groups is 1. The second-order valence-corrected chi connectivity index (χ2v) is 2.80. The fourth-order valence-corrected chi connectivity index (χ4v) is 0.949. The number of carbonyl (C=O) groups is 1. The molecule has 0 saturated heterocycles. The maximum Gasteiger partial charge on any atom is 0.307 e. The molecule has 0 fully saturated rings. The van der Waals surface area contributed by atoms with Crippen LogP contribution in [0, 0.1) is 0 Å². The van der Waals surface area contributed by atoms with E-state index in [1.807, 2.05) is 6.92 Å². The number of hydrogen-bond acceptors (Lipinski definition) is 4. The van der Waals surface area contributed by atoms with E-state index < -0.39 is 0 Å². The number of aliphatic hydroxyl groups excluding tert-OH is 1. The fourth-order valence-electron chi connectivity index (χ4n) is 0.949. The molecule has 4 heteroatoms. The third-order valence-corrected chi connectivity index (χ3v) is 1.78. The summed E-state index contributed by atoms with van der Waals surface area (Å²) in [5.74, 6) is -0.192. The lowest BCUT2D eigenvalue weighted by Gasteiger charge is -2.12. The molecule has 0 aromatic rings. The number of ether oxygens (including phenoxy) is 1. The Morgan fingerprint density at radius 3 is 2.69 bits per heavy atom. The molecule has 0 aliphatic heterocycles. The molecule has 0 aromatic carbocycles. The van der Waals surface area contributed by atoms with Crippen molar-refractivity contribution in [1.29, 1.82) is 0 Å². The molecule has 0 saturated carbocycles. The van der Waals surface area contributed by atoms with Crippen LogP contribution in [0.4, 0.5) is 0 Å². The Bertz CT molecular complexity index is 135. The zero-order valence-corrected chi connectivity index (χ0v) is 8.38. The Kier molecular flexibility index (Phi) is 7.63. The summed E-state index contributed by atoms with van der Waals surface area (Å²) in [7, 11) is 0. The highest BCUT2D eigenvalue weighted by Gasteiger charge is 2.05. The van der Waals surface area contributed by atoms with Crippen LogP contribution in [-0.4, -0.2) is 36.9 Å². The fraction of sp³-hybridized carbons (Fsp3) is 0.889. The standard InChI is InChI=1S/C9H19NO3/c1-3-8(7-11)10-6-5-9(12)13-4-2/h8,10-11H,3-7H2,1-2H3. The van der Waals surface area contributed by atoms with Crippen molar-refractivity contribution in [2.75, 3.05) is 19.8 Å². The van der Waals surface area contributed by atoms with E-state index in [2.05, 4.69) is 5.32 Å². The van der Waals surface area contributed by atoms with Crippen molar-refractivity contribution < 1.29 is 14.6 Å². The minimum Gasteiger partial charge on any atom is -0.466 e. The SMILES string of the molecule is CCOC(=O)CCNC(CC)CO. The van der Waals surface area contributed by atoms with Gasteiger partial charge in [-0.1, -0.05) is 6.92 Å². The summed E-state index contributed by atoms with van der Waals surface area (Å²) in [5, 5.41) is 11.9. The molecule has 4 nitrogen and oxygen atoms in total. The van der Waals surface area contributed by atoms with Gasteiger partial charge in [0.25, 0.3) is 0 Å². The van der Waals surface area contributed by atoms with Gasteiger partial charge < -0.3 is 15.2 Å². The second-order valence-electron chi connectivity index (χ2n) is 2.80. The average molecular weight is 189 g/mol. The maximum absolute atomic E-state index is 10.9. The van der Waals surface area contributed by atoms with Crippen molar-refractivity contribution in [3.63, 3.8) is 0 Å². The summed E-state index contributed by atoms with van der Waals surface area (Å²) >= 11 is 0. The zero-order valence-electron chi connectivity index (χ0n) is 8.38. The predicted molar refractivity (Wildman–Crippen MR) is 50.4 cm³/mol. The number of carbonyl (C=O) groups excluding carboxylic acids is 1. The molecule has 1 unspecified atom stereocenters. The number of nitrogens with one attached hydrogen (secondary N) is 1. The van der Waals surface area contributed by atoms with Crippen LogP contribution in [0.1, 0.15) is 26.7 Å². The van der Waals surface area contributed by atoms with Gasteiger partial charge in [0.05, 0.1) is 19.6 Å². The molecular formula is C9H19NO3. The van der Waals surface area contributed by atoms with Crippen molar-refractivity contribution in [1.82, 2.24) is 5.32 Å². The summed E-state index contributed by atoms with van der Waals surface area (Å²) in [5.41, 5.74) is 0. The van der Waals surface area contributed by atoms with Crippen molar-refractivity contribution in [3.8, 4) is 0 Å². The Morgan fingerprint density at radius 1 is 1.54 bits per heavy atom. The second kappa shape index (κ2) is 8.01. The molecule has 78 valence electrons. The Hall–Kier alpha value is -0.610. The van der Waals surface area contributed by atoms with Gasteiger partial charge in [0, 0.05) is 12.6 Å². The molecule has 0 rings (SSSR count). The number of hydrogen-bond donors (Lipinski definition) is 2. The highest BCUT2D eigenvalue weighted by molar-refractivity contribution is 5.69. The first-order valence-corrected chi connectivity index (χ1v) is 4.74. The minimum absolute atomic E-state index is 0.0921. The largest absolute Gasteiger partial charge is 0.466 e. The highest BCUT2D eigenvalue weighted by Crippen LogP contribution is 1.90. The summed E-state index contributed by atoms with van der Waals surface area (Å²) in [4.78, 5) is 10.9. The van der Waals surface area contributed by atoms with Crippen molar-refractivity contribution in [3.05, 3.63) is 0 Å². The zero-order chi connectivity index (χ0) is 10.1. The third kappa shape index (κ3) is 6.54. The molecule has 0 spiro atoms. The van der Waals surface area contributed by atoms with Gasteiger partial charge in [0.2, 0.25) is 0 Å². The molecule has 0 heterocycles. The molecular weight excluding hydrogens is 170 g/mol. The van der Waals surface area contributed by atoms with Gasteiger partial charge in [-0.2, -0.15) is 0 Å². The molecule has 0 aliphatic carbocycles. The van der Waals surface area contributed by atoms with Gasteiger partial charge in [0.1, 0.15) is 0 Å². The Morgan fingerprint density at radius 2 is 2.23 bits per heavy atom. The van der Waals surface area contributed by atoms with E-state index in [1.54, 1.807) is 6.92 Å². The van der Waals surface area contributed by atoms with E-state index in [9.17, 15) is 4.79 Å². The van der Waals surface area contributed by atoms with E-state index in [4.69, 9.17) is 9.84 Å². The molecule has 0 aliphatic rings. The van der Waals surface area contributed by atoms with E-state index in [0.717, 1.165) is 6.42 Å². The third-order valence-electron chi connectivity index (χ3n) is 1.78. The lowest BCUT2D eigenvalue weighted by atomic mass is 10.2. The van der Waals surface area contributed by atoms with Gasteiger partial charge in [-0.15, -0.1) is 0 Å². The summed E-state index contributed by atoms with van der Waals surface area (Å²) in [6.45, 7) is 4.87. The molecule has 1 atom stereocenters. The first-order valence-electron chi connectivity index (χ1n) is 4.74. The predicted octanol–water partition coefficient (Wildman–Crippen LogP) is 0.300. The van der Waals surface area contributed by atoms with E-state index >= 15 is 0 Å². The number of esters is 1. The monoisotopic (exact) mass is 189 g/mol. The lowest BCUT2D eigenvalue weighted by Crippen LogP contribution is -2.33.